The Kier molecular flexibility index (Phi) is 2.36. The van der Waals surface area contributed by atoms with Gasteiger partial charge >= 0.3 is 5.97 Å². The molecule has 13 heavy (non-hydrogen) atoms. The van der Waals surface area contributed by atoms with E-state index in [-0.39, 0.29) is 6.54 Å². The Balaban J connectivity index is 2.86. The molecule has 1 aliphatic rings. The summed E-state index contributed by atoms with van der Waals surface area (Å²) in [7, 11) is 1.80. The molecule has 0 saturated carbocycles. The molecule has 0 aliphatic carbocycles. The van der Waals surface area contributed by atoms with Gasteiger partial charge in [-0.1, -0.05) is 0 Å². The summed E-state index contributed by atoms with van der Waals surface area (Å²) in [5.41, 5.74) is -2.88. The minimum absolute atomic E-state index is 0.215. The fourth-order valence-electron chi connectivity index (χ4n) is 1.66. The molecule has 1 heterocycles. The Bertz CT molecular complexity index is 230. The number of carbonyl (C=O) groups is 1. The van der Waals surface area contributed by atoms with Gasteiger partial charge in [0.25, 0.3) is 0 Å². The second-order valence-corrected chi connectivity index (χ2v) is 4.38. The molecule has 1 saturated heterocycles. The number of alkyl halides is 1. The zero-order valence-electron chi connectivity index (χ0n) is 8.30. The van der Waals surface area contributed by atoms with Crippen LogP contribution in [0.4, 0.5) is 4.39 Å². The van der Waals surface area contributed by atoms with Gasteiger partial charge in [0.15, 0.2) is 0 Å². The molecule has 1 fully saturated rings. The molecule has 76 valence electrons. The molecule has 0 aromatic rings. The average molecular weight is 189 g/mol. The summed E-state index contributed by atoms with van der Waals surface area (Å²) in [5.74, 6) is -1.06. The smallest absolute Gasteiger partial charge is 0.312 e. The van der Waals surface area contributed by atoms with Crippen LogP contribution in [0.25, 0.3) is 0 Å². The third-order valence-corrected chi connectivity index (χ3v) is 3.07. The second-order valence-electron chi connectivity index (χ2n) is 4.38. The first-order valence-electron chi connectivity index (χ1n) is 4.40. The van der Waals surface area contributed by atoms with E-state index in [1.165, 1.54) is 13.8 Å². The summed E-state index contributed by atoms with van der Waals surface area (Å²) < 4.78 is 14.2. The molecule has 1 rings (SSSR count). The van der Waals surface area contributed by atoms with Gasteiger partial charge in [-0.25, -0.2) is 4.39 Å². The molecule has 0 amide bonds. The van der Waals surface area contributed by atoms with Crippen molar-refractivity contribution in [3.05, 3.63) is 0 Å². The first kappa shape index (κ1) is 10.4. The van der Waals surface area contributed by atoms with Gasteiger partial charge in [0.05, 0.1) is 5.41 Å². The van der Waals surface area contributed by atoms with Gasteiger partial charge in [0.1, 0.15) is 5.67 Å². The summed E-state index contributed by atoms with van der Waals surface area (Å²) in [6.07, 6.45) is 0.308. The normalized spacial score (nSPS) is 30.8. The molecule has 0 radical (unpaired) electrons. The van der Waals surface area contributed by atoms with Gasteiger partial charge < -0.3 is 10.0 Å². The number of carboxylic acids is 1. The van der Waals surface area contributed by atoms with Crippen LogP contribution in [0.3, 0.4) is 0 Å². The van der Waals surface area contributed by atoms with Crippen LogP contribution in [0.2, 0.25) is 0 Å². The third kappa shape index (κ3) is 1.55. The topological polar surface area (TPSA) is 40.5 Å². The van der Waals surface area contributed by atoms with E-state index in [1.54, 1.807) is 7.05 Å². The standard InChI is InChI=1S/C9H16FNO2/c1-8(2,7(12)13)9(10)4-5-11(3)6-9/h4-6H2,1-3H3,(H,12,13). The lowest BCUT2D eigenvalue weighted by Gasteiger charge is -2.33. The number of halogens is 1. The van der Waals surface area contributed by atoms with Crippen molar-refractivity contribution in [1.29, 1.82) is 0 Å². The monoisotopic (exact) mass is 189 g/mol. The van der Waals surface area contributed by atoms with Crippen molar-refractivity contribution in [1.82, 2.24) is 4.90 Å². The maximum atomic E-state index is 14.2. The number of hydrogen-bond acceptors (Lipinski definition) is 2. The zero-order valence-corrected chi connectivity index (χ0v) is 8.30. The van der Waals surface area contributed by atoms with Crippen LogP contribution in [0.15, 0.2) is 0 Å². The highest BCUT2D eigenvalue weighted by Gasteiger charge is 2.53. The van der Waals surface area contributed by atoms with Crippen molar-refractivity contribution in [2.45, 2.75) is 25.9 Å². The van der Waals surface area contributed by atoms with Gasteiger partial charge in [0.2, 0.25) is 0 Å². The van der Waals surface area contributed by atoms with Crippen molar-refractivity contribution in [2.75, 3.05) is 20.1 Å². The Labute approximate surface area is 77.5 Å². The Hall–Kier alpha value is -0.640. The predicted octanol–water partition coefficient (Wildman–Crippen LogP) is 1.14. The molecule has 1 atom stereocenters. The van der Waals surface area contributed by atoms with Crippen LogP contribution in [0, 0.1) is 5.41 Å². The highest BCUT2D eigenvalue weighted by atomic mass is 19.1. The van der Waals surface area contributed by atoms with E-state index in [0.717, 1.165) is 0 Å². The largest absolute Gasteiger partial charge is 0.481 e. The Morgan fingerprint density at radius 1 is 1.62 bits per heavy atom. The lowest BCUT2D eigenvalue weighted by atomic mass is 9.75. The summed E-state index contributed by atoms with van der Waals surface area (Å²) in [6.45, 7) is 3.75. The first-order chi connectivity index (χ1) is 5.79. The number of likely N-dealkylation sites (tertiary alicyclic amines) is 1. The molecule has 0 aromatic heterocycles. The van der Waals surface area contributed by atoms with E-state index in [2.05, 4.69) is 0 Å². The van der Waals surface area contributed by atoms with Crippen LogP contribution in [0.1, 0.15) is 20.3 Å². The molecule has 0 spiro atoms. The highest BCUT2D eigenvalue weighted by Crippen LogP contribution is 2.41. The summed E-state index contributed by atoms with van der Waals surface area (Å²) in [4.78, 5) is 12.7. The lowest BCUT2D eigenvalue weighted by molar-refractivity contribution is -0.156. The van der Waals surface area contributed by atoms with Crippen LogP contribution < -0.4 is 0 Å². The Morgan fingerprint density at radius 3 is 2.46 bits per heavy atom. The van der Waals surface area contributed by atoms with Crippen molar-refractivity contribution in [3.63, 3.8) is 0 Å². The van der Waals surface area contributed by atoms with Crippen LogP contribution in [-0.4, -0.2) is 41.8 Å². The quantitative estimate of drug-likeness (QED) is 0.708. The van der Waals surface area contributed by atoms with E-state index in [9.17, 15) is 9.18 Å². The maximum Gasteiger partial charge on any atom is 0.312 e. The summed E-state index contributed by atoms with van der Waals surface area (Å²) in [5, 5.41) is 8.89. The number of rotatable bonds is 2. The van der Waals surface area contributed by atoms with E-state index >= 15 is 0 Å². The van der Waals surface area contributed by atoms with Gasteiger partial charge in [-0.05, 0) is 27.3 Å². The SMILES string of the molecule is CN1CCC(F)(C(C)(C)C(=O)O)C1. The lowest BCUT2D eigenvalue weighted by Crippen LogP contribution is -2.47. The van der Waals surface area contributed by atoms with Crippen molar-refractivity contribution < 1.29 is 14.3 Å². The number of carboxylic acid groups (broad SMARTS) is 1. The molecule has 1 aliphatic heterocycles. The highest BCUT2D eigenvalue weighted by molar-refractivity contribution is 5.75. The van der Waals surface area contributed by atoms with Crippen molar-refractivity contribution >= 4 is 5.97 Å². The van der Waals surface area contributed by atoms with Crippen molar-refractivity contribution in [2.24, 2.45) is 5.41 Å². The van der Waals surface area contributed by atoms with Gasteiger partial charge in [-0.3, -0.25) is 4.79 Å². The van der Waals surface area contributed by atoms with E-state index in [4.69, 9.17) is 5.11 Å². The van der Waals surface area contributed by atoms with Crippen LogP contribution in [0.5, 0.6) is 0 Å². The molecule has 0 bridgehead atoms. The van der Waals surface area contributed by atoms with E-state index in [1.807, 2.05) is 4.90 Å². The fourth-order valence-corrected chi connectivity index (χ4v) is 1.66. The van der Waals surface area contributed by atoms with Crippen LogP contribution in [-0.2, 0) is 4.79 Å². The number of hydrogen-bond donors (Lipinski definition) is 1. The molecule has 0 aromatic carbocycles. The summed E-state index contributed by atoms with van der Waals surface area (Å²) in [6, 6.07) is 0. The minimum Gasteiger partial charge on any atom is -0.481 e. The molecular formula is C9H16FNO2. The number of nitrogens with zero attached hydrogens (tertiary/aromatic N) is 1. The summed E-state index contributed by atoms with van der Waals surface area (Å²) >= 11 is 0. The number of aliphatic carboxylic acids is 1. The van der Waals surface area contributed by atoms with Crippen molar-refractivity contribution in [3.8, 4) is 0 Å². The van der Waals surface area contributed by atoms with Gasteiger partial charge in [0, 0.05) is 13.1 Å². The molecular weight excluding hydrogens is 173 g/mol. The molecule has 4 heteroatoms. The van der Waals surface area contributed by atoms with Gasteiger partial charge in [-0.15, -0.1) is 0 Å². The van der Waals surface area contributed by atoms with E-state index in [0.29, 0.717) is 13.0 Å². The second kappa shape index (κ2) is 2.94. The Morgan fingerprint density at radius 2 is 2.15 bits per heavy atom. The first-order valence-corrected chi connectivity index (χ1v) is 4.40. The average Bonchev–Trinajstić information content (AvgIpc) is 2.32. The van der Waals surface area contributed by atoms with Gasteiger partial charge in [-0.2, -0.15) is 0 Å². The zero-order chi connectivity index (χ0) is 10.3. The fraction of sp³-hybridized carbons (Fsp3) is 0.889. The van der Waals surface area contributed by atoms with Crippen LogP contribution >= 0.6 is 0 Å². The van der Waals surface area contributed by atoms with E-state index < -0.39 is 17.1 Å². The predicted molar refractivity (Wildman–Crippen MR) is 47.4 cm³/mol. The molecule has 1 unspecified atom stereocenters. The maximum absolute atomic E-state index is 14.2. The third-order valence-electron chi connectivity index (χ3n) is 3.07. The molecule has 1 N–H and O–H groups in total. The minimum atomic E-state index is -1.59. The molecule has 3 nitrogen and oxygen atoms in total.